The van der Waals surface area contributed by atoms with E-state index in [1.165, 1.54) is 4.90 Å². The van der Waals surface area contributed by atoms with E-state index in [-0.39, 0.29) is 30.7 Å². The molecule has 29 heavy (non-hydrogen) atoms. The molecular weight excluding hydrogens is 379 g/mol. The average molecular weight is 406 g/mol. The van der Waals surface area contributed by atoms with Crippen molar-refractivity contribution in [3.05, 3.63) is 35.4 Å². The molecule has 8 heteroatoms. The zero-order chi connectivity index (χ0) is 21.6. The van der Waals surface area contributed by atoms with Crippen LogP contribution in [0, 0.1) is 0 Å². The third-order valence-electron chi connectivity index (χ3n) is 4.95. The van der Waals surface area contributed by atoms with Gasteiger partial charge in [0.25, 0.3) is 11.8 Å². The lowest BCUT2D eigenvalue weighted by Gasteiger charge is -2.35. The molecule has 2 heterocycles. The Labute approximate surface area is 169 Å². The van der Waals surface area contributed by atoms with Gasteiger partial charge in [0.15, 0.2) is 0 Å². The molecule has 1 saturated heterocycles. The van der Waals surface area contributed by atoms with Crippen molar-refractivity contribution in [2.45, 2.75) is 64.6 Å². The number of fused-ring (bicyclic) bond motifs is 1. The normalized spacial score (nSPS) is 22.1. The summed E-state index contributed by atoms with van der Waals surface area (Å²) in [5.74, 6) is -1.000. The van der Waals surface area contributed by atoms with E-state index in [2.05, 4.69) is 0 Å². The molecule has 0 aromatic heterocycles. The first-order chi connectivity index (χ1) is 13.4. The molecule has 2 aliphatic heterocycles. The number of benzene rings is 1. The highest BCUT2D eigenvalue weighted by Gasteiger charge is 2.47. The van der Waals surface area contributed by atoms with Crippen LogP contribution in [-0.4, -0.2) is 64.4 Å². The maximum Gasteiger partial charge on any atom is 0.412 e. The van der Waals surface area contributed by atoms with Gasteiger partial charge in [-0.1, -0.05) is 12.1 Å². The van der Waals surface area contributed by atoms with Gasteiger partial charge < -0.3 is 9.47 Å². The van der Waals surface area contributed by atoms with Crippen molar-refractivity contribution in [2.75, 3.05) is 13.2 Å². The van der Waals surface area contributed by atoms with E-state index in [0.717, 1.165) is 4.90 Å². The van der Waals surface area contributed by atoms with Gasteiger partial charge in [0.2, 0.25) is 0 Å². The fourth-order valence-electron chi connectivity index (χ4n) is 3.71. The first kappa shape index (κ1) is 21.2. The summed E-state index contributed by atoms with van der Waals surface area (Å²) in [5.41, 5.74) is -1.08. The number of alkyl halides is 1. The van der Waals surface area contributed by atoms with Crippen molar-refractivity contribution in [3.8, 4) is 0 Å². The largest absolute Gasteiger partial charge is 0.444 e. The monoisotopic (exact) mass is 406 g/mol. The van der Waals surface area contributed by atoms with Crippen LogP contribution in [0.25, 0.3) is 0 Å². The maximum atomic E-state index is 14.9. The summed E-state index contributed by atoms with van der Waals surface area (Å²) in [6, 6.07) is 5.87. The van der Waals surface area contributed by atoms with Gasteiger partial charge in [-0.25, -0.2) is 9.18 Å². The minimum Gasteiger partial charge on any atom is -0.444 e. The maximum absolute atomic E-state index is 14.9. The van der Waals surface area contributed by atoms with Crippen molar-refractivity contribution in [1.82, 2.24) is 9.80 Å². The summed E-state index contributed by atoms with van der Waals surface area (Å²) in [6.45, 7) is 8.47. The summed E-state index contributed by atoms with van der Waals surface area (Å²) in [6.07, 6.45) is -2.17. The van der Waals surface area contributed by atoms with Crippen LogP contribution in [0.2, 0.25) is 0 Å². The number of carbonyl (C=O) groups excluding carboxylic acids is 3. The molecule has 2 aliphatic rings. The number of imide groups is 1. The first-order valence-electron chi connectivity index (χ1n) is 9.66. The van der Waals surface area contributed by atoms with Crippen LogP contribution >= 0.6 is 0 Å². The lowest BCUT2D eigenvalue weighted by atomic mass is 10.1. The van der Waals surface area contributed by atoms with Crippen LogP contribution in [0.1, 0.15) is 61.8 Å². The van der Waals surface area contributed by atoms with E-state index in [9.17, 15) is 18.8 Å². The van der Waals surface area contributed by atoms with Gasteiger partial charge in [-0.15, -0.1) is 0 Å². The molecule has 1 fully saturated rings. The van der Waals surface area contributed by atoms with E-state index in [1.54, 1.807) is 58.9 Å². The molecule has 0 spiro atoms. The lowest BCUT2D eigenvalue weighted by molar-refractivity contribution is -0.0633. The van der Waals surface area contributed by atoms with E-state index in [0.29, 0.717) is 0 Å². The highest BCUT2D eigenvalue weighted by atomic mass is 19.1. The van der Waals surface area contributed by atoms with Crippen LogP contribution < -0.4 is 0 Å². The van der Waals surface area contributed by atoms with Gasteiger partial charge in [-0.05, 0) is 46.8 Å². The molecule has 1 aromatic carbocycles. The number of nitrogens with zero attached hydrogens (tertiary/aromatic N) is 2. The fourth-order valence-corrected chi connectivity index (χ4v) is 3.71. The van der Waals surface area contributed by atoms with Gasteiger partial charge in [0.05, 0.1) is 30.3 Å². The Bertz CT molecular complexity index is 798. The van der Waals surface area contributed by atoms with Crippen LogP contribution in [0.4, 0.5) is 9.18 Å². The number of hydrogen-bond donors (Lipinski definition) is 0. The van der Waals surface area contributed by atoms with E-state index < -0.39 is 41.4 Å². The van der Waals surface area contributed by atoms with Gasteiger partial charge >= 0.3 is 6.09 Å². The Kier molecular flexibility index (Phi) is 5.42. The second kappa shape index (κ2) is 7.40. The lowest BCUT2D eigenvalue weighted by Crippen LogP contribution is -2.50. The van der Waals surface area contributed by atoms with Gasteiger partial charge in [0.1, 0.15) is 17.5 Å². The predicted octanol–water partition coefficient (Wildman–Crippen LogP) is 3.38. The summed E-state index contributed by atoms with van der Waals surface area (Å²) >= 11 is 0. The number of carbonyl (C=O) groups is 3. The molecule has 2 atom stereocenters. The molecule has 7 nitrogen and oxygen atoms in total. The number of halogens is 1. The van der Waals surface area contributed by atoms with Crippen molar-refractivity contribution in [2.24, 2.45) is 0 Å². The molecule has 1 aromatic rings. The summed E-state index contributed by atoms with van der Waals surface area (Å²) in [4.78, 5) is 39.9. The molecule has 0 saturated carbocycles. The van der Waals surface area contributed by atoms with Crippen molar-refractivity contribution in [1.29, 1.82) is 0 Å². The summed E-state index contributed by atoms with van der Waals surface area (Å²) < 4.78 is 26.0. The fraction of sp³-hybridized carbons (Fsp3) is 0.571. The standard InChI is InChI=1S/C21H27FN2O5/c1-20(2,3)29-19(27)24-14(12-28-21(24,4)5)10-13(22)11-23-17(25)15-8-6-7-9-16(15)18(23)26/h6-9,13-14H,10-12H2,1-5H3/t13-,14+/m0/s1. The van der Waals surface area contributed by atoms with Crippen molar-refractivity contribution < 1.29 is 28.2 Å². The Hall–Kier alpha value is -2.48. The van der Waals surface area contributed by atoms with Crippen LogP contribution in [-0.2, 0) is 9.47 Å². The Morgan fingerprint density at radius 1 is 1.24 bits per heavy atom. The second-order valence-corrected chi connectivity index (χ2v) is 8.86. The summed E-state index contributed by atoms with van der Waals surface area (Å²) in [5, 5.41) is 0. The molecular formula is C21H27FN2O5. The molecule has 0 unspecified atom stereocenters. The van der Waals surface area contributed by atoms with E-state index in [1.807, 2.05) is 0 Å². The zero-order valence-corrected chi connectivity index (χ0v) is 17.4. The minimum atomic E-state index is -1.51. The predicted molar refractivity (Wildman–Crippen MR) is 103 cm³/mol. The highest BCUT2D eigenvalue weighted by molar-refractivity contribution is 6.21. The quantitative estimate of drug-likeness (QED) is 0.717. The van der Waals surface area contributed by atoms with Gasteiger partial charge in [-0.2, -0.15) is 0 Å². The SMILES string of the molecule is CC(C)(C)OC(=O)N1[C@H](C[C@H](F)CN2C(=O)c3ccccc3C2=O)COC1(C)C. The number of ether oxygens (including phenoxy) is 2. The summed E-state index contributed by atoms with van der Waals surface area (Å²) in [7, 11) is 0. The van der Waals surface area contributed by atoms with Gasteiger partial charge in [-0.3, -0.25) is 19.4 Å². The van der Waals surface area contributed by atoms with Crippen LogP contribution in [0.15, 0.2) is 24.3 Å². The smallest absolute Gasteiger partial charge is 0.412 e. The van der Waals surface area contributed by atoms with Gasteiger partial charge in [0, 0.05) is 6.42 Å². The number of hydrogen-bond acceptors (Lipinski definition) is 5. The Morgan fingerprint density at radius 3 is 2.31 bits per heavy atom. The Morgan fingerprint density at radius 2 is 1.79 bits per heavy atom. The third kappa shape index (κ3) is 4.27. The topological polar surface area (TPSA) is 76.2 Å². The van der Waals surface area contributed by atoms with Crippen LogP contribution in [0.3, 0.4) is 0 Å². The molecule has 0 radical (unpaired) electrons. The molecule has 0 N–H and O–H groups in total. The molecule has 3 rings (SSSR count). The molecule has 158 valence electrons. The molecule has 0 aliphatic carbocycles. The molecule has 0 bridgehead atoms. The average Bonchev–Trinajstić information content (AvgIpc) is 3.02. The second-order valence-electron chi connectivity index (χ2n) is 8.86. The van der Waals surface area contributed by atoms with Crippen LogP contribution in [0.5, 0.6) is 0 Å². The van der Waals surface area contributed by atoms with E-state index >= 15 is 0 Å². The number of amides is 3. The molecule has 3 amide bonds. The van der Waals surface area contributed by atoms with Crippen molar-refractivity contribution in [3.63, 3.8) is 0 Å². The van der Waals surface area contributed by atoms with E-state index in [4.69, 9.17) is 9.47 Å². The first-order valence-corrected chi connectivity index (χ1v) is 9.66. The minimum absolute atomic E-state index is 0.0733. The third-order valence-corrected chi connectivity index (χ3v) is 4.95. The highest BCUT2D eigenvalue weighted by Crippen LogP contribution is 2.32. The zero-order valence-electron chi connectivity index (χ0n) is 17.4. The van der Waals surface area contributed by atoms with Crippen molar-refractivity contribution >= 4 is 17.9 Å². The Balaban J connectivity index is 1.68. The number of rotatable bonds is 4.